The van der Waals surface area contributed by atoms with Crippen LogP contribution in [-0.2, 0) is 17.9 Å². The quantitative estimate of drug-likeness (QED) is 0.414. The van der Waals surface area contributed by atoms with Gasteiger partial charge in [-0.25, -0.2) is 4.99 Å². The SMILES string of the molecule is CCCOCc1ccccc1CN=C(N)NCC1CCCN1CC. The molecule has 24 heavy (non-hydrogen) atoms. The Bertz CT molecular complexity index is 518. The number of likely N-dealkylation sites (N-methyl/N-ethyl adjacent to an activating group) is 1. The molecule has 1 aliphatic rings. The Morgan fingerprint density at radius 2 is 2.12 bits per heavy atom. The molecule has 1 aromatic rings. The van der Waals surface area contributed by atoms with Gasteiger partial charge in [-0.05, 0) is 43.5 Å². The third-order valence-electron chi connectivity index (χ3n) is 4.57. The fourth-order valence-electron chi connectivity index (χ4n) is 3.17. The number of nitrogens with zero attached hydrogens (tertiary/aromatic N) is 2. The summed E-state index contributed by atoms with van der Waals surface area (Å²) >= 11 is 0. The number of guanidine groups is 1. The highest BCUT2D eigenvalue weighted by atomic mass is 16.5. The molecule has 1 aliphatic heterocycles. The van der Waals surface area contributed by atoms with E-state index < -0.39 is 0 Å². The van der Waals surface area contributed by atoms with Crippen LogP contribution in [0.25, 0.3) is 0 Å². The van der Waals surface area contributed by atoms with Crippen molar-refractivity contribution in [1.29, 1.82) is 0 Å². The van der Waals surface area contributed by atoms with Crippen LogP contribution in [0.5, 0.6) is 0 Å². The maximum atomic E-state index is 6.05. The van der Waals surface area contributed by atoms with Crippen molar-refractivity contribution in [3.05, 3.63) is 35.4 Å². The molecule has 2 rings (SSSR count). The zero-order valence-electron chi connectivity index (χ0n) is 15.1. The van der Waals surface area contributed by atoms with Gasteiger partial charge in [0.25, 0.3) is 0 Å². The maximum absolute atomic E-state index is 6.05. The molecule has 1 atom stereocenters. The Balaban J connectivity index is 1.83. The molecule has 0 amide bonds. The van der Waals surface area contributed by atoms with Crippen LogP contribution in [-0.4, -0.2) is 43.1 Å². The number of likely N-dealkylation sites (tertiary alicyclic amines) is 1. The van der Waals surface area contributed by atoms with Crippen molar-refractivity contribution in [2.45, 2.75) is 52.3 Å². The zero-order chi connectivity index (χ0) is 17.2. The summed E-state index contributed by atoms with van der Waals surface area (Å²) < 4.78 is 5.65. The molecule has 1 heterocycles. The van der Waals surface area contributed by atoms with Gasteiger partial charge >= 0.3 is 0 Å². The van der Waals surface area contributed by atoms with E-state index in [0.717, 1.165) is 26.1 Å². The second kappa shape index (κ2) is 10.3. The van der Waals surface area contributed by atoms with E-state index in [-0.39, 0.29) is 0 Å². The average Bonchev–Trinajstić information content (AvgIpc) is 3.07. The molecular formula is C19H32N4O. The van der Waals surface area contributed by atoms with Gasteiger partial charge in [0.1, 0.15) is 0 Å². The molecular weight excluding hydrogens is 300 g/mol. The van der Waals surface area contributed by atoms with Crippen molar-refractivity contribution in [3.63, 3.8) is 0 Å². The molecule has 1 unspecified atom stereocenters. The smallest absolute Gasteiger partial charge is 0.188 e. The number of ether oxygens (including phenoxy) is 1. The predicted molar refractivity (Wildman–Crippen MR) is 100.0 cm³/mol. The van der Waals surface area contributed by atoms with Gasteiger partial charge in [-0.15, -0.1) is 0 Å². The first-order valence-electron chi connectivity index (χ1n) is 9.17. The number of hydrogen-bond donors (Lipinski definition) is 2. The number of nitrogens with one attached hydrogen (secondary N) is 1. The summed E-state index contributed by atoms with van der Waals surface area (Å²) in [4.78, 5) is 7.01. The largest absolute Gasteiger partial charge is 0.377 e. The molecule has 1 aromatic carbocycles. The lowest BCUT2D eigenvalue weighted by atomic mass is 10.1. The Hall–Kier alpha value is -1.59. The third-order valence-corrected chi connectivity index (χ3v) is 4.57. The van der Waals surface area contributed by atoms with Crippen molar-refractivity contribution < 1.29 is 4.74 Å². The molecule has 0 saturated carbocycles. The fourth-order valence-corrected chi connectivity index (χ4v) is 3.17. The van der Waals surface area contributed by atoms with E-state index in [1.807, 2.05) is 12.1 Å². The van der Waals surface area contributed by atoms with Crippen LogP contribution in [0.2, 0.25) is 0 Å². The van der Waals surface area contributed by atoms with Crippen LogP contribution in [0.1, 0.15) is 44.2 Å². The number of nitrogens with two attached hydrogens (primary N) is 1. The molecule has 5 nitrogen and oxygen atoms in total. The Labute approximate surface area is 146 Å². The van der Waals surface area contributed by atoms with Crippen molar-refractivity contribution in [2.24, 2.45) is 10.7 Å². The molecule has 1 fully saturated rings. The van der Waals surface area contributed by atoms with E-state index >= 15 is 0 Å². The normalized spacial score (nSPS) is 18.9. The molecule has 0 bridgehead atoms. The summed E-state index contributed by atoms with van der Waals surface area (Å²) in [5.74, 6) is 0.530. The van der Waals surface area contributed by atoms with Gasteiger partial charge in [-0.1, -0.05) is 38.1 Å². The average molecular weight is 332 g/mol. The van der Waals surface area contributed by atoms with E-state index in [0.29, 0.717) is 25.2 Å². The molecule has 3 N–H and O–H groups in total. The van der Waals surface area contributed by atoms with Crippen LogP contribution < -0.4 is 11.1 Å². The minimum atomic E-state index is 0.530. The fraction of sp³-hybridized carbons (Fsp3) is 0.632. The predicted octanol–water partition coefficient (Wildman–Crippen LogP) is 2.50. The molecule has 134 valence electrons. The van der Waals surface area contributed by atoms with Gasteiger partial charge < -0.3 is 15.8 Å². The molecule has 1 saturated heterocycles. The Kier molecular flexibility index (Phi) is 8.05. The van der Waals surface area contributed by atoms with E-state index in [9.17, 15) is 0 Å². The summed E-state index contributed by atoms with van der Waals surface area (Å²) in [6.07, 6.45) is 3.56. The second-order valence-electron chi connectivity index (χ2n) is 6.33. The third kappa shape index (κ3) is 5.80. The van der Waals surface area contributed by atoms with Crippen molar-refractivity contribution >= 4 is 5.96 Å². The first-order valence-corrected chi connectivity index (χ1v) is 9.17. The van der Waals surface area contributed by atoms with Gasteiger partial charge in [0.15, 0.2) is 5.96 Å². The number of rotatable bonds is 9. The van der Waals surface area contributed by atoms with Gasteiger partial charge in [0.2, 0.25) is 0 Å². The maximum Gasteiger partial charge on any atom is 0.188 e. The van der Waals surface area contributed by atoms with Crippen LogP contribution in [0.15, 0.2) is 29.3 Å². The van der Waals surface area contributed by atoms with Crippen LogP contribution in [0, 0.1) is 0 Å². The van der Waals surface area contributed by atoms with Gasteiger partial charge in [-0.3, -0.25) is 4.90 Å². The first kappa shape index (κ1) is 18.7. The molecule has 5 heteroatoms. The zero-order valence-corrected chi connectivity index (χ0v) is 15.1. The highest BCUT2D eigenvalue weighted by molar-refractivity contribution is 5.77. The van der Waals surface area contributed by atoms with E-state index in [4.69, 9.17) is 10.5 Å². The molecule has 0 radical (unpaired) electrons. The summed E-state index contributed by atoms with van der Waals surface area (Å²) in [6.45, 7) is 9.54. The summed E-state index contributed by atoms with van der Waals surface area (Å²) in [6, 6.07) is 8.85. The van der Waals surface area contributed by atoms with Crippen molar-refractivity contribution in [3.8, 4) is 0 Å². The number of benzene rings is 1. The number of aliphatic imine (C=N–C) groups is 1. The Morgan fingerprint density at radius 3 is 2.88 bits per heavy atom. The van der Waals surface area contributed by atoms with Crippen molar-refractivity contribution in [1.82, 2.24) is 10.2 Å². The topological polar surface area (TPSA) is 62.9 Å². The highest BCUT2D eigenvalue weighted by Crippen LogP contribution is 2.15. The molecule has 0 aliphatic carbocycles. The summed E-state index contributed by atoms with van der Waals surface area (Å²) in [7, 11) is 0. The first-order chi connectivity index (χ1) is 11.7. The lowest BCUT2D eigenvalue weighted by Crippen LogP contribution is -2.42. The number of hydrogen-bond acceptors (Lipinski definition) is 3. The second-order valence-corrected chi connectivity index (χ2v) is 6.33. The minimum absolute atomic E-state index is 0.530. The van der Waals surface area contributed by atoms with Crippen LogP contribution >= 0.6 is 0 Å². The summed E-state index contributed by atoms with van der Waals surface area (Å²) in [5.41, 5.74) is 8.41. The lowest BCUT2D eigenvalue weighted by Gasteiger charge is -2.23. The van der Waals surface area contributed by atoms with E-state index in [1.54, 1.807) is 0 Å². The minimum Gasteiger partial charge on any atom is -0.377 e. The molecule has 0 spiro atoms. The van der Waals surface area contributed by atoms with E-state index in [2.05, 4.69) is 41.2 Å². The van der Waals surface area contributed by atoms with Crippen LogP contribution in [0.4, 0.5) is 0 Å². The monoisotopic (exact) mass is 332 g/mol. The van der Waals surface area contributed by atoms with Gasteiger partial charge in [-0.2, -0.15) is 0 Å². The lowest BCUT2D eigenvalue weighted by molar-refractivity contribution is 0.121. The van der Waals surface area contributed by atoms with Crippen molar-refractivity contribution in [2.75, 3.05) is 26.2 Å². The highest BCUT2D eigenvalue weighted by Gasteiger charge is 2.22. The standard InChI is InChI=1S/C19H32N4O/c1-3-12-24-15-17-9-6-5-8-16(17)13-21-19(20)22-14-18-10-7-11-23(18)4-2/h5-6,8-9,18H,3-4,7,10-15H2,1-2H3,(H3,20,21,22). The van der Waals surface area contributed by atoms with Crippen LogP contribution in [0.3, 0.4) is 0 Å². The Morgan fingerprint density at radius 1 is 1.33 bits per heavy atom. The van der Waals surface area contributed by atoms with E-state index in [1.165, 1.54) is 30.5 Å². The molecule has 0 aromatic heterocycles. The summed E-state index contributed by atoms with van der Waals surface area (Å²) in [5, 5.41) is 3.29. The van der Waals surface area contributed by atoms with Gasteiger partial charge in [0.05, 0.1) is 13.2 Å². The van der Waals surface area contributed by atoms with Gasteiger partial charge in [0, 0.05) is 19.2 Å².